The lowest BCUT2D eigenvalue weighted by Crippen LogP contribution is -2.04. The minimum atomic E-state index is -0.481. The van der Waals surface area contributed by atoms with Crippen LogP contribution in [-0.4, -0.2) is 17.1 Å². The molecule has 0 amide bonds. The van der Waals surface area contributed by atoms with Crippen molar-refractivity contribution in [3.05, 3.63) is 47.8 Å². The summed E-state index contributed by atoms with van der Waals surface area (Å²) >= 11 is 0. The number of hydrogen-bond donors (Lipinski definition) is 1. The van der Waals surface area contributed by atoms with Gasteiger partial charge in [0, 0.05) is 22.2 Å². The van der Waals surface area contributed by atoms with Gasteiger partial charge < -0.3 is 9.72 Å². The summed E-state index contributed by atoms with van der Waals surface area (Å²) in [6.07, 6.45) is 7.15. The van der Waals surface area contributed by atoms with E-state index in [2.05, 4.69) is 9.97 Å². The maximum atomic E-state index is 14.7. The number of aromatic nitrogens is 2. The summed E-state index contributed by atoms with van der Waals surface area (Å²) in [6.45, 7) is 0. The Morgan fingerprint density at radius 3 is 2.62 bits per heavy atom. The molecule has 1 aliphatic carbocycles. The summed E-state index contributed by atoms with van der Waals surface area (Å²) < 4.78 is 33.8. The second-order valence-electron chi connectivity index (χ2n) is 6.65. The molecule has 3 aromatic rings. The number of methoxy groups -OCH3 is 1. The zero-order valence-corrected chi connectivity index (χ0v) is 14.1. The highest BCUT2D eigenvalue weighted by molar-refractivity contribution is 5.95. The van der Waals surface area contributed by atoms with Crippen molar-refractivity contribution in [1.82, 2.24) is 9.97 Å². The molecule has 5 heteroatoms. The van der Waals surface area contributed by atoms with Crippen molar-refractivity contribution < 1.29 is 13.5 Å². The van der Waals surface area contributed by atoms with Gasteiger partial charge in [0.25, 0.3) is 0 Å². The molecule has 1 N–H and O–H groups in total. The van der Waals surface area contributed by atoms with Crippen molar-refractivity contribution in [2.24, 2.45) is 0 Å². The fourth-order valence-corrected chi connectivity index (χ4v) is 3.85. The van der Waals surface area contributed by atoms with Crippen LogP contribution in [0.4, 0.5) is 8.78 Å². The molecule has 1 saturated carbocycles. The van der Waals surface area contributed by atoms with E-state index in [-0.39, 0.29) is 7.43 Å². The molecule has 0 unspecified atom stereocenters. The Kier molecular flexibility index (Phi) is 5.25. The summed E-state index contributed by atoms with van der Waals surface area (Å²) in [5, 5.41) is 0.671. The molecular formula is C21H24F2N2O. The van der Waals surface area contributed by atoms with E-state index in [1.54, 1.807) is 0 Å². The van der Waals surface area contributed by atoms with Crippen molar-refractivity contribution >= 4 is 11.0 Å². The number of nitrogens with one attached hydrogen (secondary N) is 1. The van der Waals surface area contributed by atoms with Gasteiger partial charge in [-0.05, 0) is 43.0 Å². The Morgan fingerprint density at radius 2 is 1.88 bits per heavy atom. The third-order valence-electron chi connectivity index (χ3n) is 5.11. The van der Waals surface area contributed by atoms with Gasteiger partial charge in [-0.1, -0.05) is 26.7 Å². The molecule has 138 valence electrons. The van der Waals surface area contributed by atoms with Gasteiger partial charge in [0.2, 0.25) is 0 Å². The first kappa shape index (κ1) is 18.4. The van der Waals surface area contributed by atoms with Gasteiger partial charge in [0.1, 0.15) is 23.0 Å². The van der Waals surface area contributed by atoms with E-state index >= 15 is 0 Å². The maximum absolute atomic E-state index is 14.7. The Hall–Kier alpha value is -2.43. The van der Waals surface area contributed by atoms with Gasteiger partial charge in [-0.15, -0.1) is 0 Å². The number of aromatic amines is 1. The fourth-order valence-electron chi connectivity index (χ4n) is 3.85. The van der Waals surface area contributed by atoms with E-state index in [0.29, 0.717) is 33.8 Å². The monoisotopic (exact) mass is 358 g/mol. The van der Waals surface area contributed by atoms with Crippen molar-refractivity contribution in [3.63, 3.8) is 0 Å². The van der Waals surface area contributed by atoms with Gasteiger partial charge in [-0.3, -0.25) is 0 Å². The predicted octanol–water partition coefficient (Wildman–Crippen LogP) is 6.20. The second kappa shape index (κ2) is 7.44. The average molecular weight is 358 g/mol. The number of ether oxygens (including phenoxy) is 1. The molecule has 2 aromatic heterocycles. The van der Waals surface area contributed by atoms with E-state index in [1.807, 2.05) is 6.07 Å². The average Bonchev–Trinajstić information content (AvgIpc) is 3.06. The molecule has 0 radical (unpaired) electrons. The standard InChI is InChI=1S/C20H20F2N2O.CH4/c1-25-18-8-7-13(21)9-14(18)19-15-10-17(12-5-3-2-4-6-12)24-20(15)23-11-16(19)22;/h7-12H,2-6H2,1H3,(H,23,24);1H4. The van der Waals surface area contributed by atoms with Crippen LogP contribution in [0.25, 0.3) is 22.2 Å². The highest BCUT2D eigenvalue weighted by atomic mass is 19.1. The fraction of sp³-hybridized carbons (Fsp3) is 0.381. The lowest BCUT2D eigenvalue weighted by Gasteiger charge is -2.20. The number of H-pyrrole nitrogens is 1. The van der Waals surface area contributed by atoms with Crippen LogP contribution < -0.4 is 4.74 Å². The zero-order chi connectivity index (χ0) is 17.4. The second-order valence-corrected chi connectivity index (χ2v) is 6.65. The predicted molar refractivity (Wildman–Crippen MR) is 101 cm³/mol. The lowest BCUT2D eigenvalue weighted by molar-refractivity contribution is 0.415. The van der Waals surface area contributed by atoms with E-state index in [0.717, 1.165) is 18.5 Å². The number of nitrogens with zero attached hydrogens (tertiary/aromatic N) is 1. The van der Waals surface area contributed by atoms with Gasteiger partial charge in [0.05, 0.1) is 13.3 Å². The van der Waals surface area contributed by atoms with Gasteiger partial charge in [-0.25, -0.2) is 13.8 Å². The molecule has 0 spiro atoms. The van der Waals surface area contributed by atoms with Crippen LogP contribution in [0.5, 0.6) is 5.75 Å². The molecule has 0 aliphatic heterocycles. The van der Waals surface area contributed by atoms with Crippen LogP contribution in [0, 0.1) is 11.6 Å². The number of benzene rings is 1. The molecular weight excluding hydrogens is 334 g/mol. The first-order valence-corrected chi connectivity index (χ1v) is 8.68. The first-order chi connectivity index (χ1) is 12.2. The largest absolute Gasteiger partial charge is 0.496 e. The van der Waals surface area contributed by atoms with E-state index in [9.17, 15) is 8.78 Å². The molecule has 4 rings (SSSR count). The number of hydrogen-bond acceptors (Lipinski definition) is 2. The Labute approximate surface area is 152 Å². The van der Waals surface area contributed by atoms with Gasteiger partial charge in [0.15, 0.2) is 0 Å². The molecule has 1 aliphatic rings. The van der Waals surface area contributed by atoms with Gasteiger partial charge in [-0.2, -0.15) is 0 Å². The van der Waals surface area contributed by atoms with Crippen LogP contribution in [0.1, 0.15) is 51.1 Å². The molecule has 26 heavy (non-hydrogen) atoms. The molecule has 3 nitrogen and oxygen atoms in total. The molecule has 0 saturated heterocycles. The smallest absolute Gasteiger partial charge is 0.150 e. The SMILES string of the molecule is C.COc1ccc(F)cc1-c1c(F)cnc2[nH]c(C3CCCCC3)cc12. The topological polar surface area (TPSA) is 37.9 Å². The highest BCUT2D eigenvalue weighted by Crippen LogP contribution is 2.39. The Balaban J connectivity index is 0.00000196. The zero-order valence-electron chi connectivity index (χ0n) is 14.1. The lowest BCUT2D eigenvalue weighted by atomic mass is 9.87. The van der Waals surface area contributed by atoms with Crippen LogP contribution in [0.2, 0.25) is 0 Å². The van der Waals surface area contributed by atoms with Crippen molar-refractivity contribution in [2.75, 3.05) is 7.11 Å². The van der Waals surface area contributed by atoms with Crippen molar-refractivity contribution in [2.45, 2.75) is 45.4 Å². The Bertz CT molecular complexity index is 914. The van der Waals surface area contributed by atoms with Crippen molar-refractivity contribution in [3.8, 4) is 16.9 Å². The van der Waals surface area contributed by atoms with Gasteiger partial charge >= 0.3 is 0 Å². The molecule has 1 aromatic carbocycles. The summed E-state index contributed by atoms with van der Waals surface area (Å²) in [6, 6.07) is 6.11. The Morgan fingerprint density at radius 1 is 1.12 bits per heavy atom. The third-order valence-corrected chi connectivity index (χ3v) is 5.11. The minimum Gasteiger partial charge on any atom is -0.496 e. The quantitative estimate of drug-likeness (QED) is 0.605. The van der Waals surface area contributed by atoms with E-state index < -0.39 is 11.6 Å². The van der Waals surface area contributed by atoms with E-state index in [1.165, 1.54) is 50.8 Å². The maximum Gasteiger partial charge on any atom is 0.150 e. The van der Waals surface area contributed by atoms with Crippen LogP contribution >= 0.6 is 0 Å². The van der Waals surface area contributed by atoms with Crippen LogP contribution in [0.15, 0.2) is 30.5 Å². The van der Waals surface area contributed by atoms with E-state index in [4.69, 9.17) is 4.74 Å². The van der Waals surface area contributed by atoms with Crippen molar-refractivity contribution in [1.29, 1.82) is 0 Å². The summed E-state index contributed by atoms with van der Waals surface area (Å²) in [5.41, 5.74) is 2.45. The number of halogens is 2. The number of rotatable bonds is 3. The van der Waals surface area contributed by atoms with Crippen LogP contribution in [-0.2, 0) is 0 Å². The first-order valence-electron chi connectivity index (χ1n) is 8.68. The number of fused-ring (bicyclic) bond motifs is 1. The summed E-state index contributed by atoms with van der Waals surface area (Å²) in [7, 11) is 1.50. The molecule has 1 fully saturated rings. The van der Waals surface area contributed by atoms with Crippen LogP contribution in [0.3, 0.4) is 0 Å². The summed E-state index contributed by atoms with van der Waals surface area (Å²) in [4.78, 5) is 7.54. The normalized spacial score (nSPS) is 15.0. The molecule has 2 heterocycles. The highest BCUT2D eigenvalue weighted by Gasteiger charge is 2.22. The summed E-state index contributed by atoms with van der Waals surface area (Å²) in [5.74, 6) is -0.0183. The molecule has 0 bridgehead atoms. The minimum absolute atomic E-state index is 0. The number of pyridine rings is 1. The molecule has 0 atom stereocenters. The third kappa shape index (κ3) is 3.18.